The first kappa shape index (κ1) is 27.7. The van der Waals surface area contributed by atoms with Crippen molar-refractivity contribution in [2.75, 3.05) is 0 Å². The molecule has 2 heterocycles. The predicted octanol–water partition coefficient (Wildman–Crippen LogP) is 11.7. The van der Waals surface area contributed by atoms with E-state index >= 15 is 0 Å². The second kappa shape index (κ2) is 11.6. The van der Waals surface area contributed by atoms with Crippen LogP contribution in [0.25, 0.3) is 77.2 Å². The van der Waals surface area contributed by atoms with Gasteiger partial charge >= 0.3 is 0 Å². The highest BCUT2D eigenvalue weighted by Gasteiger charge is 2.21. The minimum absolute atomic E-state index is 1.12. The van der Waals surface area contributed by atoms with E-state index in [1.54, 1.807) is 0 Å². The van der Waals surface area contributed by atoms with Gasteiger partial charge in [-0.15, -0.1) is 0 Å². The minimum atomic E-state index is 1.12. The Morgan fingerprint density at radius 2 is 0.826 bits per heavy atom. The van der Waals surface area contributed by atoms with E-state index in [1.165, 1.54) is 77.2 Å². The fraction of sp³-hybridized carbons (Fsp3) is 0.0455. The van der Waals surface area contributed by atoms with Crippen LogP contribution in [-0.4, -0.2) is 9.97 Å². The molecule has 0 spiro atoms. The van der Waals surface area contributed by atoms with E-state index in [0.717, 1.165) is 11.1 Å². The lowest BCUT2D eigenvalue weighted by Gasteiger charge is -2.22. The van der Waals surface area contributed by atoms with Crippen LogP contribution in [0.4, 0.5) is 0 Å². The number of pyridine rings is 2. The minimum Gasteiger partial charge on any atom is -0.264 e. The first-order chi connectivity index (χ1) is 22.7. The van der Waals surface area contributed by atoms with Crippen LogP contribution in [0.5, 0.6) is 0 Å². The van der Waals surface area contributed by atoms with Crippen molar-refractivity contribution in [3.05, 3.63) is 169 Å². The van der Waals surface area contributed by atoms with Gasteiger partial charge in [-0.2, -0.15) is 0 Å². The van der Waals surface area contributed by atoms with E-state index < -0.39 is 0 Å². The van der Waals surface area contributed by atoms with Crippen LogP contribution in [0.3, 0.4) is 0 Å². The smallest absolute Gasteiger partial charge is 0.0346 e. The number of rotatable bonds is 5. The molecule has 2 nitrogen and oxygen atoms in total. The van der Waals surface area contributed by atoms with Crippen LogP contribution in [-0.2, 0) is 0 Å². The molecule has 0 radical (unpaired) electrons. The molecule has 0 fully saturated rings. The van der Waals surface area contributed by atoms with Crippen molar-refractivity contribution in [2.24, 2.45) is 0 Å². The van der Waals surface area contributed by atoms with Crippen LogP contribution in [0.1, 0.15) is 11.1 Å². The van der Waals surface area contributed by atoms with E-state index in [0.29, 0.717) is 0 Å². The SMILES string of the molecule is Cc1c(-c2cccnc2)cccc1-c1c2ccccc2c(-c2cccc(-c3cccnc3)c2C)c2cc(-c3ccccc3)ccc12. The molecule has 0 unspecified atom stereocenters. The summed E-state index contributed by atoms with van der Waals surface area (Å²) in [5.74, 6) is 0. The van der Waals surface area contributed by atoms with Crippen LogP contribution in [0, 0.1) is 13.8 Å². The summed E-state index contributed by atoms with van der Waals surface area (Å²) in [7, 11) is 0. The van der Waals surface area contributed by atoms with Gasteiger partial charge in [0.25, 0.3) is 0 Å². The molecule has 2 aromatic heterocycles. The van der Waals surface area contributed by atoms with E-state index in [4.69, 9.17) is 0 Å². The van der Waals surface area contributed by atoms with Crippen molar-refractivity contribution in [1.82, 2.24) is 9.97 Å². The fourth-order valence-corrected chi connectivity index (χ4v) is 7.05. The summed E-state index contributed by atoms with van der Waals surface area (Å²) in [5, 5.41) is 4.97. The highest BCUT2D eigenvalue weighted by atomic mass is 14.6. The third-order valence-electron chi connectivity index (χ3n) is 9.28. The highest BCUT2D eigenvalue weighted by Crippen LogP contribution is 2.47. The summed E-state index contributed by atoms with van der Waals surface area (Å²) in [5.41, 5.74) is 14.6. The summed E-state index contributed by atoms with van der Waals surface area (Å²) >= 11 is 0. The van der Waals surface area contributed by atoms with Gasteiger partial charge in [-0.25, -0.2) is 0 Å². The van der Waals surface area contributed by atoms with Crippen molar-refractivity contribution in [3.8, 4) is 55.6 Å². The maximum absolute atomic E-state index is 4.43. The number of benzene rings is 6. The summed E-state index contributed by atoms with van der Waals surface area (Å²) in [4.78, 5) is 8.85. The van der Waals surface area contributed by atoms with Crippen molar-refractivity contribution in [3.63, 3.8) is 0 Å². The monoisotopic (exact) mass is 588 g/mol. The number of nitrogens with zero attached hydrogens (tertiary/aromatic N) is 2. The highest BCUT2D eigenvalue weighted by molar-refractivity contribution is 6.22. The Kier molecular flexibility index (Phi) is 6.96. The van der Waals surface area contributed by atoms with Crippen molar-refractivity contribution in [1.29, 1.82) is 0 Å². The first-order valence-electron chi connectivity index (χ1n) is 15.7. The Morgan fingerprint density at radius 3 is 1.37 bits per heavy atom. The Morgan fingerprint density at radius 1 is 0.348 bits per heavy atom. The van der Waals surface area contributed by atoms with Crippen molar-refractivity contribution < 1.29 is 0 Å². The maximum Gasteiger partial charge on any atom is 0.0346 e. The Bertz CT molecular complexity index is 2360. The van der Waals surface area contributed by atoms with Gasteiger partial charge in [-0.3, -0.25) is 9.97 Å². The van der Waals surface area contributed by atoms with Crippen LogP contribution in [0.15, 0.2) is 158 Å². The molecule has 0 bridgehead atoms. The summed E-state index contributed by atoms with van der Waals surface area (Å²) in [6.07, 6.45) is 7.57. The van der Waals surface area contributed by atoms with Crippen molar-refractivity contribution >= 4 is 21.5 Å². The van der Waals surface area contributed by atoms with Gasteiger partial charge in [-0.1, -0.05) is 115 Å². The van der Waals surface area contributed by atoms with Gasteiger partial charge in [0.1, 0.15) is 0 Å². The molecule has 0 aliphatic heterocycles. The largest absolute Gasteiger partial charge is 0.264 e. The van der Waals surface area contributed by atoms with E-state index in [1.807, 2.05) is 36.9 Å². The predicted molar refractivity (Wildman–Crippen MR) is 194 cm³/mol. The third kappa shape index (κ3) is 4.67. The molecular weight excluding hydrogens is 556 g/mol. The van der Waals surface area contributed by atoms with Gasteiger partial charge < -0.3 is 0 Å². The van der Waals surface area contributed by atoms with E-state index in [2.05, 4.69) is 145 Å². The first-order valence-corrected chi connectivity index (χ1v) is 15.7. The lowest BCUT2D eigenvalue weighted by Crippen LogP contribution is -1.96. The molecule has 0 aliphatic carbocycles. The van der Waals surface area contributed by atoms with Gasteiger partial charge in [0.2, 0.25) is 0 Å². The molecular formula is C44H32N2. The molecule has 0 atom stereocenters. The lowest BCUT2D eigenvalue weighted by atomic mass is 9.81. The van der Waals surface area contributed by atoms with Crippen LogP contribution < -0.4 is 0 Å². The van der Waals surface area contributed by atoms with Gasteiger partial charge in [0.05, 0.1) is 0 Å². The topological polar surface area (TPSA) is 25.8 Å². The Balaban J connectivity index is 1.49. The normalized spacial score (nSPS) is 11.3. The third-order valence-corrected chi connectivity index (χ3v) is 9.28. The molecule has 0 amide bonds. The zero-order valence-corrected chi connectivity index (χ0v) is 25.9. The summed E-state index contributed by atoms with van der Waals surface area (Å²) in [6, 6.07) is 48.2. The molecule has 0 saturated heterocycles. The maximum atomic E-state index is 4.43. The second-order valence-electron chi connectivity index (χ2n) is 11.9. The summed E-state index contributed by atoms with van der Waals surface area (Å²) in [6.45, 7) is 4.49. The van der Waals surface area contributed by atoms with Crippen LogP contribution in [0.2, 0.25) is 0 Å². The Labute approximate surface area is 269 Å². The fourth-order valence-electron chi connectivity index (χ4n) is 7.05. The van der Waals surface area contributed by atoms with E-state index in [-0.39, 0.29) is 0 Å². The van der Waals surface area contributed by atoms with Crippen LogP contribution >= 0.6 is 0 Å². The average Bonchev–Trinajstić information content (AvgIpc) is 3.12. The zero-order valence-electron chi connectivity index (χ0n) is 25.9. The molecule has 0 aliphatic rings. The van der Waals surface area contributed by atoms with Crippen molar-refractivity contribution in [2.45, 2.75) is 13.8 Å². The van der Waals surface area contributed by atoms with Gasteiger partial charge in [0, 0.05) is 35.9 Å². The number of hydrogen-bond acceptors (Lipinski definition) is 2. The summed E-state index contributed by atoms with van der Waals surface area (Å²) < 4.78 is 0. The molecule has 0 N–H and O–H groups in total. The molecule has 46 heavy (non-hydrogen) atoms. The molecule has 0 saturated carbocycles. The Hall–Kier alpha value is -5.86. The zero-order chi connectivity index (χ0) is 31.0. The molecule has 8 aromatic rings. The molecule has 2 heteroatoms. The lowest BCUT2D eigenvalue weighted by molar-refractivity contribution is 1.32. The van der Waals surface area contributed by atoms with Gasteiger partial charge in [0.15, 0.2) is 0 Å². The number of aromatic nitrogens is 2. The number of fused-ring (bicyclic) bond motifs is 2. The standard InChI is InChI=1S/C44H32N2/c1-29-35(33-14-10-24-45-27-33)18-8-20-37(29)43-39-16-6-7-17-40(39)44(38-21-9-19-36(30(38)2)34-15-11-25-46-28-34)42-26-32(22-23-41(42)43)31-12-4-3-5-13-31/h3-28H,1-2H3. The molecule has 8 rings (SSSR count). The number of hydrogen-bond donors (Lipinski definition) is 0. The van der Waals surface area contributed by atoms with Gasteiger partial charge in [-0.05, 0) is 109 Å². The average molecular weight is 589 g/mol. The second-order valence-corrected chi connectivity index (χ2v) is 11.9. The molecule has 218 valence electrons. The van der Waals surface area contributed by atoms with E-state index in [9.17, 15) is 0 Å². The quantitative estimate of drug-likeness (QED) is 0.187. The molecule has 6 aromatic carbocycles.